The molecule has 0 saturated carbocycles. The Morgan fingerprint density at radius 3 is 2.56 bits per heavy atom. The van der Waals surface area contributed by atoms with E-state index in [1.54, 1.807) is 0 Å². The van der Waals surface area contributed by atoms with Gasteiger partial charge in [0.05, 0.1) is 0 Å². The number of rotatable bonds is 3. The molecule has 0 bridgehead atoms. The molecule has 0 heterocycles. The standard InChI is InChI=1S/C13H15.2ClH.Zr/c1-2-3-6-11-9-10-12-7-4-5-8-13(11)12;;;/h3-5,7-11H,2,6H2,1H3;2*1H;/q-1;;;+3/p-2. The Labute approximate surface area is 130 Å². The van der Waals surface area contributed by atoms with E-state index in [1.807, 2.05) is 0 Å². The normalized spacial score (nSPS) is 15.4. The third kappa shape index (κ3) is 4.36. The van der Waals surface area contributed by atoms with Gasteiger partial charge in [-0.3, -0.25) is 0 Å². The van der Waals surface area contributed by atoms with Crippen molar-refractivity contribution in [3.63, 3.8) is 0 Å². The summed E-state index contributed by atoms with van der Waals surface area (Å²) in [6.45, 7) is 2.20. The van der Waals surface area contributed by atoms with Gasteiger partial charge in [0.25, 0.3) is 0 Å². The Morgan fingerprint density at radius 1 is 1.19 bits per heavy atom. The minimum absolute atomic E-state index is 0. The molecule has 0 spiro atoms. The average Bonchev–Trinajstić information content (AvgIpc) is 2.58. The van der Waals surface area contributed by atoms with Gasteiger partial charge in [-0.15, -0.1) is 0 Å². The summed E-state index contributed by atoms with van der Waals surface area (Å²) in [5.41, 5.74) is 2.89. The Bertz CT molecular complexity index is 323. The first-order chi connectivity index (χ1) is 6.42. The number of allylic oxidation sites excluding steroid dienone is 1. The molecule has 0 nitrogen and oxygen atoms in total. The first-order valence-corrected chi connectivity index (χ1v) is 5.00. The van der Waals surface area contributed by atoms with Crippen LogP contribution >= 0.6 is 0 Å². The van der Waals surface area contributed by atoms with Crippen molar-refractivity contribution in [1.82, 2.24) is 0 Å². The molecular weight excluding hydrogens is 318 g/mol. The first kappa shape index (κ1) is 18.8. The summed E-state index contributed by atoms with van der Waals surface area (Å²) >= 11 is 0. The molecule has 0 aromatic heterocycles. The largest absolute Gasteiger partial charge is 3.00 e. The minimum Gasteiger partial charge on any atom is -1.00 e. The molecule has 1 aliphatic rings. The van der Waals surface area contributed by atoms with Crippen molar-refractivity contribution in [3.8, 4) is 0 Å². The van der Waals surface area contributed by atoms with Gasteiger partial charge in [-0.2, -0.15) is 12.8 Å². The molecule has 1 atom stereocenters. The number of halogens is 2. The van der Waals surface area contributed by atoms with Crippen LogP contribution < -0.4 is 24.8 Å². The van der Waals surface area contributed by atoms with E-state index in [0.29, 0.717) is 5.92 Å². The maximum absolute atomic E-state index is 2.36. The molecule has 16 heavy (non-hydrogen) atoms. The van der Waals surface area contributed by atoms with Crippen molar-refractivity contribution in [1.29, 1.82) is 0 Å². The van der Waals surface area contributed by atoms with Gasteiger partial charge in [0, 0.05) is 0 Å². The Hall–Kier alpha value is 0.423. The number of hydrogen-bond donors (Lipinski definition) is 0. The summed E-state index contributed by atoms with van der Waals surface area (Å²) in [5, 5.41) is 0. The van der Waals surface area contributed by atoms with Crippen molar-refractivity contribution in [2.45, 2.75) is 25.7 Å². The van der Waals surface area contributed by atoms with Gasteiger partial charge in [0.1, 0.15) is 0 Å². The zero-order valence-corrected chi connectivity index (χ0v) is 13.3. The van der Waals surface area contributed by atoms with E-state index in [0.717, 1.165) is 0 Å². The Morgan fingerprint density at radius 2 is 1.88 bits per heavy atom. The second kappa shape index (κ2) is 9.45. The molecule has 0 aliphatic heterocycles. The average molecular weight is 333 g/mol. The molecule has 2 rings (SSSR count). The third-order valence-corrected chi connectivity index (χ3v) is 2.61. The Kier molecular flexibility index (Phi) is 11.1. The van der Waals surface area contributed by atoms with Crippen molar-refractivity contribution in [2.24, 2.45) is 0 Å². The van der Waals surface area contributed by atoms with Crippen LogP contribution in [-0.4, -0.2) is 0 Å². The van der Waals surface area contributed by atoms with Crippen LogP contribution in [0, 0.1) is 6.42 Å². The summed E-state index contributed by atoms with van der Waals surface area (Å²) in [7, 11) is 0. The number of unbranched alkanes of at least 4 members (excludes halogenated alkanes) is 1. The monoisotopic (exact) mass is 331 g/mol. The molecular formula is C13H15Cl2Zr. The molecule has 1 radical (unpaired) electrons. The molecule has 0 fully saturated rings. The second-order valence-electron chi connectivity index (χ2n) is 3.53. The molecule has 0 amide bonds. The van der Waals surface area contributed by atoms with Gasteiger partial charge >= 0.3 is 26.2 Å². The zero-order chi connectivity index (χ0) is 9.10. The van der Waals surface area contributed by atoms with Crippen LogP contribution in [0.1, 0.15) is 36.8 Å². The van der Waals surface area contributed by atoms with E-state index >= 15 is 0 Å². The van der Waals surface area contributed by atoms with Crippen LogP contribution in [0.4, 0.5) is 0 Å². The fourth-order valence-electron chi connectivity index (χ4n) is 1.88. The predicted octanol–water partition coefficient (Wildman–Crippen LogP) is -2.19. The van der Waals surface area contributed by atoms with E-state index in [1.165, 1.54) is 24.0 Å². The summed E-state index contributed by atoms with van der Waals surface area (Å²) in [5.74, 6) is 0.635. The summed E-state index contributed by atoms with van der Waals surface area (Å²) in [6, 6.07) is 8.67. The maximum atomic E-state index is 2.36. The van der Waals surface area contributed by atoms with E-state index in [2.05, 4.69) is 49.8 Å². The summed E-state index contributed by atoms with van der Waals surface area (Å²) < 4.78 is 0. The second-order valence-corrected chi connectivity index (χ2v) is 3.53. The SMILES string of the molecule is CC[CH-]CC1C=Cc2ccccc21.[Cl-].[Cl-].[Zr+3]. The van der Waals surface area contributed by atoms with E-state index < -0.39 is 0 Å². The van der Waals surface area contributed by atoms with Crippen molar-refractivity contribution >= 4 is 6.08 Å². The van der Waals surface area contributed by atoms with Crippen molar-refractivity contribution in [2.75, 3.05) is 0 Å². The molecule has 1 aromatic rings. The molecule has 3 heteroatoms. The summed E-state index contributed by atoms with van der Waals surface area (Å²) in [4.78, 5) is 0. The van der Waals surface area contributed by atoms with Crippen LogP contribution in [0.15, 0.2) is 30.3 Å². The van der Waals surface area contributed by atoms with Gasteiger partial charge in [0.15, 0.2) is 0 Å². The molecule has 1 aliphatic carbocycles. The number of benzene rings is 1. The van der Waals surface area contributed by atoms with Gasteiger partial charge in [-0.1, -0.05) is 43.3 Å². The number of hydrogen-bond acceptors (Lipinski definition) is 0. The van der Waals surface area contributed by atoms with Gasteiger partial charge in [0.2, 0.25) is 0 Å². The predicted molar refractivity (Wildman–Crippen MR) is 57.4 cm³/mol. The van der Waals surface area contributed by atoms with Crippen molar-refractivity contribution in [3.05, 3.63) is 47.9 Å². The van der Waals surface area contributed by atoms with E-state index in [-0.39, 0.29) is 51.0 Å². The van der Waals surface area contributed by atoms with Crippen LogP contribution in [0.25, 0.3) is 6.08 Å². The van der Waals surface area contributed by atoms with Crippen LogP contribution in [0.3, 0.4) is 0 Å². The first-order valence-electron chi connectivity index (χ1n) is 5.00. The smallest absolute Gasteiger partial charge is 1.00 e. The van der Waals surface area contributed by atoms with Gasteiger partial charge < -0.3 is 31.2 Å². The molecule has 0 N–H and O–H groups in total. The molecule has 0 saturated heterocycles. The maximum Gasteiger partial charge on any atom is 3.00 e. The fourth-order valence-corrected chi connectivity index (χ4v) is 1.88. The van der Waals surface area contributed by atoms with Crippen molar-refractivity contribution < 1.29 is 51.0 Å². The Balaban J connectivity index is 0. The van der Waals surface area contributed by atoms with E-state index in [9.17, 15) is 0 Å². The quantitative estimate of drug-likeness (QED) is 0.551. The minimum atomic E-state index is 0. The van der Waals surface area contributed by atoms with Gasteiger partial charge in [-0.05, 0) is 17.0 Å². The molecule has 1 aromatic carbocycles. The zero-order valence-electron chi connectivity index (χ0n) is 9.29. The van der Waals surface area contributed by atoms with E-state index in [4.69, 9.17) is 0 Å². The molecule has 1 unspecified atom stereocenters. The van der Waals surface area contributed by atoms with Crippen LogP contribution in [0.5, 0.6) is 0 Å². The van der Waals surface area contributed by atoms with Crippen LogP contribution in [-0.2, 0) is 26.2 Å². The summed E-state index contributed by atoms with van der Waals surface area (Å²) in [6.07, 6.45) is 9.27. The van der Waals surface area contributed by atoms with Crippen LogP contribution in [0.2, 0.25) is 0 Å². The third-order valence-electron chi connectivity index (χ3n) is 2.61. The molecule has 85 valence electrons. The topological polar surface area (TPSA) is 0 Å². The number of fused-ring (bicyclic) bond motifs is 1. The fraction of sp³-hybridized carbons (Fsp3) is 0.308. The van der Waals surface area contributed by atoms with Gasteiger partial charge in [-0.25, -0.2) is 0 Å².